The molecule has 4 nitrogen and oxygen atoms in total. The number of methoxy groups -OCH3 is 1. The van der Waals surface area contributed by atoms with Crippen LogP contribution < -0.4 is 15.8 Å². The highest BCUT2D eigenvalue weighted by Gasteiger charge is 2.24. The highest BCUT2D eigenvalue weighted by Crippen LogP contribution is 2.23. The number of carbonyl (C=O) groups is 1. The van der Waals surface area contributed by atoms with Gasteiger partial charge in [-0.1, -0.05) is 6.42 Å². The molecule has 0 aromatic heterocycles. The first-order valence-electron chi connectivity index (χ1n) is 6.49. The van der Waals surface area contributed by atoms with E-state index in [0.717, 1.165) is 19.3 Å². The van der Waals surface area contributed by atoms with Gasteiger partial charge in [-0.2, -0.15) is 0 Å². The first-order valence-corrected chi connectivity index (χ1v) is 6.49. The molecular weight excluding hydrogens is 247 g/mol. The lowest BCUT2D eigenvalue weighted by atomic mass is 10.0. The molecule has 0 bridgehead atoms. The van der Waals surface area contributed by atoms with E-state index in [9.17, 15) is 9.18 Å². The molecule has 0 saturated heterocycles. The number of carbonyl (C=O) groups excluding carboxylic acids is 1. The predicted octanol–water partition coefficient (Wildman–Crippen LogP) is 1.69. The van der Waals surface area contributed by atoms with Crippen molar-refractivity contribution in [2.24, 2.45) is 11.7 Å². The van der Waals surface area contributed by atoms with E-state index < -0.39 is 5.82 Å². The number of rotatable bonds is 4. The standard InChI is InChI=1S/C14H19FN2O2/c1-19-13-6-5-9(7-11(13)15)14(18)17-8-10-3-2-4-12(10)16/h5-7,10,12H,2-4,8,16H2,1H3,(H,17,18). The van der Waals surface area contributed by atoms with Gasteiger partial charge in [0.05, 0.1) is 7.11 Å². The SMILES string of the molecule is COc1ccc(C(=O)NCC2CCCC2N)cc1F. The minimum atomic E-state index is -0.535. The van der Waals surface area contributed by atoms with E-state index in [1.165, 1.54) is 19.2 Å². The van der Waals surface area contributed by atoms with Gasteiger partial charge in [0.15, 0.2) is 11.6 Å². The minimum Gasteiger partial charge on any atom is -0.494 e. The number of amides is 1. The topological polar surface area (TPSA) is 64.3 Å². The number of nitrogens with two attached hydrogens (primary N) is 1. The Bertz CT molecular complexity index is 465. The molecule has 3 N–H and O–H groups in total. The Morgan fingerprint density at radius 2 is 2.32 bits per heavy atom. The van der Waals surface area contributed by atoms with Crippen LogP contribution >= 0.6 is 0 Å². The van der Waals surface area contributed by atoms with E-state index in [-0.39, 0.29) is 17.7 Å². The fraction of sp³-hybridized carbons (Fsp3) is 0.500. The summed E-state index contributed by atoms with van der Waals surface area (Å²) in [4.78, 5) is 11.9. The Balaban J connectivity index is 1.94. The lowest BCUT2D eigenvalue weighted by Crippen LogP contribution is -2.36. The van der Waals surface area contributed by atoms with Crippen molar-refractivity contribution in [2.45, 2.75) is 25.3 Å². The maximum Gasteiger partial charge on any atom is 0.251 e. The van der Waals surface area contributed by atoms with Crippen molar-refractivity contribution in [3.8, 4) is 5.75 Å². The zero-order valence-electron chi connectivity index (χ0n) is 11.0. The molecule has 1 saturated carbocycles. The van der Waals surface area contributed by atoms with Gasteiger partial charge in [0.1, 0.15) is 0 Å². The maximum atomic E-state index is 13.5. The second-order valence-electron chi connectivity index (χ2n) is 4.91. The van der Waals surface area contributed by atoms with Crippen molar-refractivity contribution in [3.05, 3.63) is 29.6 Å². The van der Waals surface area contributed by atoms with Crippen LogP contribution in [0.3, 0.4) is 0 Å². The van der Waals surface area contributed by atoms with Crippen LogP contribution in [0.5, 0.6) is 5.75 Å². The average molecular weight is 266 g/mol. The summed E-state index contributed by atoms with van der Waals surface area (Å²) in [7, 11) is 1.39. The van der Waals surface area contributed by atoms with Crippen molar-refractivity contribution in [1.29, 1.82) is 0 Å². The molecule has 1 aromatic rings. The molecule has 1 fully saturated rings. The minimum absolute atomic E-state index is 0.134. The Hall–Kier alpha value is -1.62. The summed E-state index contributed by atoms with van der Waals surface area (Å²) in [6.45, 7) is 0.549. The molecule has 2 unspecified atom stereocenters. The smallest absolute Gasteiger partial charge is 0.251 e. The number of hydrogen-bond donors (Lipinski definition) is 2. The van der Waals surface area contributed by atoms with E-state index in [1.807, 2.05) is 0 Å². The Morgan fingerprint density at radius 3 is 2.89 bits per heavy atom. The van der Waals surface area contributed by atoms with E-state index in [0.29, 0.717) is 18.0 Å². The molecular formula is C14H19FN2O2. The molecule has 1 amide bonds. The number of nitrogens with one attached hydrogen (secondary N) is 1. The fourth-order valence-electron chi connectivity index (χ4n) is 2.45. The van der Waals surface area contributed by atoms with Gasteiger partial charge in [0, 0.05) is 18.2 Å². The lowest BCUT2D eigenvalue weighted by molar-refractivity contribution is 0.0946. The van der Waals surface area contributed by atoms with Crippen molar-refractivity contribution in [2.75, 3.05) is 13.7 Å². The molecule has 5 heteroatoms. The summed E-state index contributed by atoms with van der Waals surface area (Å²) in [6, 6.07) is 4.34. The van der Waals surface area contributed by atoms with Gasteiger partial charge in [-0.25, -0.2) is 4.39 Å². The third-order valence-electron chi connectivity index (χ3n) is 3.66. The van der Waals surface area contributed by atoms with E-state index in [1.54, 1.807) is 6.07 Å². The second-order valence-corrected chi connectivity index (χ2v) is 4.91. The second kappa shape index (κ2) is 6.02. The van der Waals surface area contributed by atoms with Gasteiger partial charge in [0.25, 0.3) is 5.91 Å². The van der Waals surface area contributed by atoms with Crippen LogP contribution in [0.25, 0.3) is 0 Å². The molecule has 1 aliphatic carbocycles. The molecule has 0 aliphatic heterocycles. The van der Waals surface area contributed by atoms with Gasteiger partial charge in [-0.05, 0) is 37.0 Å². The quantitative estimate of drug-likeness (QED) is 0.871. The van der Waals surface area contributed by atoms with Gasteiger partial charge >= 0.3 is 0 Å². The summed E-state index contributed by atoms with van der Waals surface area (Å²) in [6.07, 6.45) is 3.16. The van der Waals surface area contributed by atoms with E-state index in [2.05, 4.69) is 5.32 Å². The molecule has 0 spiro atoms. The average Bonchev–Trinajstić information content (AvgIpc) is 2.81. The summed E-state index contributed by atoms with van der Waals surface area (Å²) in [5, 5.41) is 2.81. The summed E-state index contributed by atoms with van der Waals surface area (Å²) in [5.74, 6) is -0.352. The lowest BCUT2D eigenvalue weighted by Gasteiger charge is -2.16. The number of benzene rings is 1. The van der Waals surface area contributed by atoms with Gasteiger partial charge in [0.2, 0.25) is 0 Å². The predicted molar refractivity (Wildman–Crippen MR) is 70.6 cm³/mol. The zero-order chi connectivity index (χ0) is 13.8. The van der Waals surface area contributed by atoms with Crippen molar-refractivity contribution >= 4 is 5.91 Å². The maximum absolute atomic E-state index is 13.5. The summed E-state index contributed by atoms with van der Waals surface area (Å²) < 4.78 is 18.3. The van der Waals surface area contributed by atoms with Crippen LogP contribution in [0, 0.1) is 11.7 Å². The Kier molecular flexibility index (Phi) is 4.37. The first-order chi connectivity index (χ1) is 9.11. The molecule has 0 heterocycles. The highest BCUT2D eigenvalue weighted by atomic mass is 19.1. The van der Waals surface area contributed by atoms with E-state index >= 15 is 0 Å². The van der Waals surface area contributed by atoms with Crippen LogP contribution in [0.2, 0.25) is 0 Å². The Labute approximate surface area is 112 Å². The van der Waals surface area contributed by atoms with Crippen molar-refractivity contribution in [3.63, 3.8) is 0 Å². The zero-order valence-corrected chi connectivity index (χ0v) is 11.0. The monoisotopic (exact) mass is 266 g/mol. The summed E-state index contributed by atoms with van der Waals surface area (Å²) >= 11 is 0. The number of ether oxygens (including phenoxy) is 1. The summed E-state index contributed by atoms with van der Waals surface area (Å²) in [5.41, 5.74) is 6.23. The van der Waals surface area contributed by atoms with Crippen LogP contribution in [-0.4, -0.2) is 25.6 Å². The first kappa shape index (κ1) is 13.8. The van der Waals surface area contributed by atoms with Crippen LogP contribution in [0.4, 0.5) is 4.39 Å². The van der Waals surface area contributed by atoms with Crippen molar-refractivity contribution < 1.29 is 13.9 Å². The highest BCUT2D eigenvalue weighted by molar-refractivity contribution is 5.94. The van der Waals surface area contributed by atoms with Gasteiger partial charge < -0.3 is 15.8 Å². The molecule has 1 aliphatic rings. The third-order valence-corrected chi connectivity index (χ3v) is 3.66. The fourth-order valence-corrected chi connectivity index (χ4v) is 2.45. The van der Waals surface area contributed by atoms with Gasteiger partial charge in [-0.15, -0.1) is 0 Å². The third kappa shape index (κ3) is 3.23. The molecule has 2 rings (SSSR count). The Morgan fingerprint density at radius 1 is 1.53 bits per heavy atom. The largest absolute Gasteiger partial charge is 0.494 e. The number of halogens is 1. The van der Waals surface area contributed by atoms with Gasteiger partial charge in [-0.3, -0.25) is 4.79 Å². The molecule has 2 atom stereocenters. The molecule has 0 radical (unpaired) electrons. The van der Waals surface area contributed by atoms with Crippen LogP contribution in [0.15, 0.2) is 18.2 Å². The number of hydrogen-bond acceptors (Lipinski definition) is 3. The van der Waals surface area contributed by atoms with Crippen LogP contribution in [-0.2, 0) is 0 Å². The van der Waals surface area contributed by atoms with Crippen molar-refractivity contribution in [1.82, 2.24) is 5.32 Å². The normalized spacial score (nSPS) is 22.3. The molecule has 19 heavy (non-hydrogen) atoms. The molecule has 104 valence electrons. The van der Waals surface area contributed by atoms with E-state index in [4.69, 9.17) is 10.5 Å². The van der Waals surface area contributed by atoms with Crippen LogP contribution in [0.1, 0.15) is 29.6 Å². The molecule has 1 aromatic carbocycles.